The van der Waals surface area contributed by atoms with Crippen LogP contribution < -0.4 is 14.4 Å². The summed E-state index contributed by atoms with van der Waals surface area (Å²) in [6, 6.07) is 7.65. The van der Waals surface area contributed by atoms with Gasteiger partial charge in [0.2, 0.25) is 21.8 Å². The first-order valence-corrected chi connectivity index (χ1v) is 14.8. The highest BCUT2D eigenvalue weighted by molar-refractivity contribution is 7.92. The molecule has 208 valence electrons. The molecule has 2 aliphatic rings. The molecule has 5 rings (SSSR count). The van der Waals surface area contributed by atoms with Crippen molar-refractivity contribution in [3.63, 3.8) is 0 Å². The summed E-state index contributed by atoms with van der Waals surface area (Å²) in [6.07, 6.45) is 6.93. The third-order valence-electron chi connectivity index (χ3n) is 7.60. The lowest BCUT2D eigenvalue weighted by atomic mass is 9.64. The average molecular weight is 554 g/mol. The fourth-order valence-electron chi connectivity index (χ4n) is 5.41. The van der Waals surface area contributed by atoms with Gasteiger partial charge in [0.05, 0.1) is 41.8 Å². The number of hydrogen-bond donors (Lipinski definition) is 1. The average Bonchev–Trinajstić information content (AvgIpc) is 3.12. The molecule has 3 aromatic rings. The van der Waals surface area contributed by atoms with E-state index in [4.69, 9.17) is 9.47 Å². The van der Waals surface area contributed by atoms with Crippen molar-refractivity contribution in [3.8, 4) is 17.0 Å². The van der Waals surface area contributed by atoms with Crippen LogP contribution in [0.15, 0.2) is 36.7 Å². The van der Waals surface area contributed by atoms with Crippen molar-refractivity contribution in [2.75, 3.05) is 63.4 Å². The smallest absolute Gasteiger partial charge is 0.238 e. The number of pyridine rings is 2. The zero-order valence-electron chi connectivity index (χ0n) is 22.9. The van der Waals surface area contributed by atoms with Gasteiger partial charge in [-0.2, -0.15) is 0 Å². The maximum atomic E-state index is 13.2. The van der Waals surface area contributed by atoms with Gasteiger partial charge in [0, 0.05) is 43.4 Å². The number of hydrogen-bond acceptors (Lipinski definition) is 8. The number of sulfonamides is 1. The van der Waals surface area contributed by atoms with Gasteiger partial charge < -0.3 is 19.3 Å². The van der Waals surface area contributed by atoms with Crippen LogP contribution in [-0.2, 0) is 25.0 Å². The molecule has 3 heterocycles. The Balaban J connectivity index is 1.53. The van der Waals surface area contributed by atoms with E-state index in [9.17, 15) is 13.2 Å². The number of methoxy groups -OCH3 is 1. The maximum absolute atomic E-state index is 13.2. The summed E-state index contributed by atoms with van der Waals surface area (Å²) < 4.78 is 38.9. The molecule has 10 nitrogen and oxygen atoms in total. The lowest BCUT2D eigenvalue weighted by Crippen LogP contribution is -2.43. The van der Waals surface area contributed by atoms with E-state index in [0.29, 0.717) is 6.61 Å². The number of carbonyl (C=O) groups is 1. The van der Waals surface area contributed by atoms with Crippen LogP contribution in [0.4, 0.5) is 11.4 Å². The van der Waals surface area contributed by atoms with Crippen molar-refractivity contribution in [1.82, 2.24) is 14.9 Å². The summed E-state index contributed by atoms with van der Waals surface area (Å²) in [7, 11) is 3.56. The highest BCUT2D eigenvalue weighted by atomic mass is 32.2. The zero-order chi connectivity index (χ0) is 27.8. The number of ether oxygens (including phenoxy) is 2. The van der Waals surface area contributed by atoms with E-state index in [0.717, 1.165) is 65.5 Å². The molecule has 1 saturated carbocycles. The largest absolute Gasteiger partial charge is 0.476 e. The van der Waals surface area contributed by atoms with E-state index < -0.39 is 15.4 Å². The predicted molar refractivity (Wildman–Crippen MR) is 152 cm³/mol. The number of nitrogens with one attached hydrogen (secondary N) is 1. The summed E-state index contributed by atoms with van der Waals surface area (Å²) in [6.45, 7) is 1.30. The van der Waals surface area contributed by atoms with E-state index in [2.05, 4.69) is 19.6 Å². The molecule has 1 aliphatic heterocycles. The first-order chi connectivity index (χ1) is 18.6. The van der Waals surface area contributed by atoms with Crippen LogP contribution in [0.25, 0.3) is 22.0 Å². The molecular formula is C28H35N5O5S. The number of amides is 1. The molecule has 0 bridgehead atoms. The van der Waals surface area contributed by atoms with Gasteiger partial charge in [-0.1, -0.05) is 12.5 Å². The van der Waals surface area contributed by atoms with Gasteiger partial charge in [-0.25, -0.2) is 13.4 Å². The van der Waals surface area contributed by atoms with Crippen LogP contribution in [0.2, 0.25) is 0 Å². The maximum Gasteiger partial charge on any atom is 0.238 e. The summed E-state index contributed by atoms with van der Waals surface area (Å²) in [5.74, 6) is 0.168. The lowest BCUT2D eigenvalue weighted by Gasteiger charge is -2.37. The summed E-state index contributed by atoms with van der Waals surface area (Å²) in [5.41, 5.74) is 4.08. The van der Waals surface area contributed by atoms with E-state index in [1.54, 1.807) is 23.4 Å². The van der Waals surface area contributed by atoms with Crippen LogP contribution in [0, 0.1) is 0 Å². The first-order valence-electron chi connectivity index (χ1n) is 13.1. The number of nitrogens with zero attached hydrogens (tertiary/aromatic N) is 4. The third-order valence-corrected chi connectivity index (χ3v) is 8.84. The second kappa shape index (κ2) is 10.7. The molecule has 0 atom stereocenters. The molecule has 1 aliphatic carbocycles. The predicted octanol–water partition coefficient (Wildman–Crippen LogP) is 3.41. The van der Waals surface area contributed by atoms with Crippen LogP contribution in [0.5, 0.6) is 5.88 Å². The summed E-state index contributed by atoms with van der Waals surface area (Å²) in [4.78, 5) is 26.1. The number of carbonyl (C=O) groups excluding carboxylic acids is 1. The number of anilines is 2. The molecule has 0 unspecified atom stereocenters. The van der Waals surface area contributed by atoms with Gasteiger partial charge in [0.25, 0.3) is 0 Å². The summed E-state index contributed by atoms with van der Waals surface area (Å²) in [5, 5.41) is 0.939. The quantitative estimate of drug-likeness (QED) is 0.360. The van der Waals surface area contributed by atoms with Crippen molar-refractivity contribution in [2.24, 2.45) is 0 Å². The minimum absolute atomic E-state index is 0.0686. The van der Waals surface area contributed by atoms with Crippen LogP contribution in [0.3, 0.4) is 0 Å². The number of benzene rings is 1. The summed E-state index contributed by atoms with van der Waals surface area (Å²) >= 11 is 0. The Kier molecular flexibility index (Phi) is 7.49. The second-order valence-electron chi connectivity index (χ2n) is 10.5. The molecule has 1 fully saturated rings. The molecular weight excluding hydrogens is 518 g/mol. The Morgan fingerprint density at radius 1 is 1.10 bits per heavy atom. The highest BCUT2D eigenvalue weighted by Gasteiger charge is 2.54. The second-order valence-corrected chi connectivity index (χ2v) is 12.4. The Hall–Kier alpha value is -3.28. The van der Waals surface area contributed by atoms with E-state index >= 15 is 0 Å². The van der Waals surface area contributed by atoms with E-state index in [-0.39, 0.29) is 29.8 Å². The molecule has 1 aromatic carbocycles. The fourth-order valence-corrected chi connectivity index (χ4v) is 6.38. The van der Waals surface area contributed by atoms with Crippen molar-refractivity contribution >= 4 is 38.2 Å². The molecule has 1 spiro atoms. The molecule has 0 radical (unpaired) electrons. The lowest BCUT2D eigenvalue weighted by molar-refractivity contribution is -0.125. The highest BCUT2D eigenvalue weighted by Crippen LogP contribution is 2.55. The van der Waals surface area contributed by atoms with Gasteiger partial charge >= 0.3 is 0 Å². The SMILES string of the molecule is COCCS(=O)(=O)Nc1cc(-c2ccc3ncc4c(c3c2)C2(CCC2)C(=O)N4C)cnc1OCCCN(C)C. The van der Waals surface area contributed by atoms with Crippen molar-refractivity contribution in [1.29, 1.82) is 0 Å². The molecule has 2 aromatic heterocycles. The zero-order valence-corrected chi connectivity index (χ0v) is 23.7. The van der Waals surface area contributed by atoms with E-state index in [1.807, 2.05) is 39.3 Å². The topological polar surface area (TPSA) is 114 Å². The van der Waals surface area contributed by atoms with Gasteiger partial charge in [-0.15, -0.1) is 0 Å². The van der Waals surface area contributed by atoms with Gasteiger partial charge in [0.1, 0.15) is 5.69 Å². The molecule has 39 heavy (non-hydrogen) atoms. The van der Waals surface area contributed by atoms with Gasteiger partial charge in [-0.3, -0.25) is 14.5 Å². The van der Waals surface area contributed by atoms with Gasteiger partial charge in [-0.05, 0) is 57.1 Å². The van der Waals surface area contributed by atoms with Crippen molar-refractivity contribution < 1.29 is 22.7 Å². The number of aromatic nitrogens is 2. The van der Waals surface area contributed by atoms with E-state index in [1.165, 1.54) is 7.11 Å². The van der Waals surface area contributed by atoms with Gasteiger partial charge in [0.15, 0.2) is 0 Å². The first kappa shape index (κ1) is 27.3. The minimum atomic E-state index is -3.68. The number of rotatable bonds is 11. The number of likely N-dealkylation sites (N-methyl/N-ethyl adjacent to an activating group) is 1. The Labute approximate surface area is 229 Å². The van der Waals surface area contributed by atoms with Crippen molar-refractivity contribution in [2.45, 2.75) is 31.1 Å². The Morgan fingerprint density at radius 2 is 1.90 bits per heavy atom. The molecule has 1 amide bonds. The Morgan fingerprint density at radius 3 is 2.59 bits per heavy atom. The Bertz CT molecular complexity index is 1500. The number of fused-ring (bicyclic) bond motifs is 4. The third kappa shape index (κ3) is 5.18. The van der Waals surface area contributed by atoms with Crippen LogP contribution in [-0.4, -0.2) is 83.0 Å². The van der Waals surface area contributed by atoms with Crippen LogP contribution >= 0.6 is 0 Å². The molecule has 1 N–H and O–H groups in total. The standard InChI is InChI=1S/C28H35N5O5S/c1-32(2)11-6-12-38-26-23(31-39(35,36)14-13-37-4)16-20(17-30-26)19-7-8-22-21(15-19)25-24(18-29-22)33(3)27(34)28(25)9-5-10-28/h7-8,15-18,31H,5-6,9-14H2,1-4H3. The van der Waals surface area contributed by atoms with Crippen molar-refractivity contribution in [3.05, 3.63) is 42.2 Å². The molecule has 0 saturated heterocycles. The normalized spacial score (nSPS) is 16.1. The monoisotopic (exact) mass is 553 g/mol. The van der Waals surface area contributed by atoms with Crippen LogP contribution in [0.1, 0.15) is 31.2 Å². The fraction of sp³-hybridized carbons (Fsp3) is 0.464. The minimum Gasteiger partial charge on any atom is -0.476 e. The molecule has 11 heteroatoms.